The average molecular weight is 377 g/mol. The maximum atomic E-state index is 12.5. The normalized spacial score (nSPS) is 18.1. The first kappa shape index (κ1) is 17.7. The first-order valence-corrected chi connectivity index (χ1v) is 9.85. The van der Waals surface area contributed by atoms with Crippen LogP contribution in [0, 0.1) is 5.92 Å². The molecular weight excluding hydrogens is 358 g/mol. The van der Waals surface area contributed by atoms with Gasteiger partial charge in [-0.25, -0.2) is 4.99 Å². The van der Waals surface area contributed by atoms with Crippen molar-refractivity contribution in [1.82, 2.24) is 4.90 Å². The second-order valence-corrected chi connectivity index (χ2v) is 7.76. The van der Waals surface area contributed by atoms with Crippen LogP contribution in [-0.2, 0) is 4.79 Å². The average Bonchev–Trinajstić information content (AvgIpc) is 3.04. The van der Waals surface area contributed by atoms with Crippen molar-refractivity contribution in [3.05, 3.63) is 65.7 Å². The van der Waals surface area contributed by atoms with Crippen molar-refractivity contribution in [3.63, 3.8) is 0 Å². The molecule has 1 amide bonds. The largest absolute Gasteiger partial charge is 0.293 e. The van der Waals surface area contributed by atoms with E-state index < -0.39 is 0 Å². The maximum absolute atomic E-state index is 12.5. The Morgan fingerprint density at radius 3 is 2.52 bits per heavy atom. The minimum absolute atomic E-state index is 0.0345. The summed E-state index contributed by atoms with van der Waals surface area (Å²) < 4.78 is 0. The summed E-state index contributed by atoms with van der Waals surface area (Å²) in [6.45, 7) is 4.00. The summed E-state index contributed by atoms with van der Waals surface area (Å²) in [5, 5.41) is 0.654. The summed E-state index contributed by atoms with van der Waals surface area (Å²) in [6, 6.07) is 16.5. The monoisotopic (exact) mass is 377 g/mol. The smallest absolute Gasteiger partial charge is 0.271 e. The highest BCUT2D eigenvalue weighted by atomic mass is 32.2. The van der Waals surface area contributed by atoms with Gasteiger partial charge in [-0.15, -0.1) is 0 Å². The number of thioether (sulfide) groups is 1. The molecule has 2 heterocycles. The summed E-state index contributed by atoms with van der Waals surface area (Å²) >= 11 is 1.36. The third-order valence-electron chi connectivity index (χ3n) is 4.60. The van der Waals surface area contributed by atoms with Crippen LogP contribution in [0.2, 0.25) is 0 Å². The number of ketones is 1. The zero-order valence-corrected chi connectivity index (χ0v) is 15.9. The molecule has 136 valence electrons. The number of amidine groups is 2. The van der Waals surface area contributed by atoms with Crippen molar-refractivity contribution in [2.24, 2.45) is 15.9 Å². The molecule has 0 aliphatic carbocycles. The van der Waals surface area contributed by atoms with E-state index in [1.807, 2.05) is 73.3 Å². The number of rotatable bonds is 4. The highest BCUT2D eigenvalue weighted by molar-refractivity contribution is 8.14. The third-order valence-corrected chi connectivity index (χ3v) is 5.55. The molecule has 2 aliphatic heterocycles. The summed E-state index contributed by atoms with van der Waals surface area (Å²) in [4.78, 5) is 36.0. The van der Waals surface area contributed by atoms with Crippen molar-refractivity contribution in [1.29, 1.82) is 0 Å². The zero-order valence-electron chi connectivity index (χ0n) is 15.1. The lowest BCUT2D eigenvalue weighted by molar-refractivity contribution is -0.120. The number of para-hydroxylation sites is 1. The van der Waals surface area contributed by atoms with Crippen molar-refractivity contribution < 1.29 is 9.59 Å². The molecule has 0 aromatic heterocycles. The summed E-state index contributed by atoms with van der Waals surface area (Å²) in [7, 11) is 0. The number of hydrogen-bond acceptors (Lipinski definition) is 5. The van der Waals surface area contributed by atoms with E-state index in [0.717, 1.165) is 11.3 Å². The molecule has 0 spiro atoms. The number of carbonyl (C=O) groups excluding carboxylic acids is 2. The van der Waals surface area contributed by atoms with Gasteiger partial charge in [0.1, 0.15) is 11.9 Å². The molecule has 2 aromatic rings. The van der Waals surface area contributed by atoms with E-state index in [9.17, 15) is 9.59 Å². The fourth-order valence-electron chi connectivity index (χ4n) is 3.31. The minimum Gasteiger partial charge on any atom is -0.293 e. The van der Waals surface area contributed by atoms with Gasteiger partial charge in [-0.1, -0.05) is 68.1 Å². The number of fused-ring (bicyclic) bond motifs is 3. The minimum atomic E-state index is -0.383. The highest BCUT2D eigenvalue weighted by Gasteiger charge is 2.43. The Bertz CT molecular complexity index is 966. The predicted molar refractivity (Wildman–Crippen MR) is 109 cm³/mol. The molecule has 1 unspecified atom stereocenters. The van der Waals surface area contributed by atoms with Crippen LogP contribution in [0.25, 0.3) is 0 Å². The van der Waals surface area contributed by atoms with Gasteiger partial charge in [0.05, 0.1) is 11.4 Å². The molecule has 0 bridgehead atoms. The Morgan fingerprint density at radius 2 is 1.78 bits per heavy atom. The molecule has 2 aliphatic rings. The van der Waals surface area contributed by atoms with Gasteiger partial charge in [0.2, 0.25) is 0 Å². The van der Waals surface area contributed by atoms with E-state index in [1.165, 1.54) is 11.8 Å². The Balaban J connectivity index is 1.66. The lowest BCUT2D eigenvalue weighted by atomic mass is 10.0. The lowest BCUT2D eigenvalue weighted by Gasteiger charge is -2.32. The predicted octanol–water partition coefficient (Wildman–Crippen LogP) is 3.92. The number of aliphatic imine (C=N–C) groups is 2. The summed E-state index contributed by atoms with van der Waals surface area (Å²) in [5.41, 5.74) is 2.31. The first-order valence-electron chi connectivity index (χ1n) is 8.87. The van der Waals surface area contributed by atoms with Crippen LogP contribution in [0.4, 0.5) is 5.69 Å². The summed E-state index contributed by atoms with van der Waals surface area (Å²) in [5.74, 6) is 0.860. The number of benzene rings is 2. The molecule has 0 fully saturated rings. The van der Waals surface area contributed by atoms with Crippen molar-refractivity contribution in [3.8, 4) is 0 Å². The van der Waals surface area contributed by atoms with Crippen LogP contribution < -0.4 is 0 Å². The Hall–Kier alpha value is -2.73. The molecule has 0 saturated carbocycles. The van der Waals surface area contributed by atoms with Gasteiger partial charge in [0.15, 0.2) is 11.0 Å². The van der Waals surface area contributed by atoms with Crippen LogP contribution in [0.5, 0.6) is 0 Å². The Morgan fingerprint density at radius 1 is 1.07 bits per heavy atom. The van der Waals surface area contributed by atoms with Crippen LogP contribution in [0.1, 0.15) is 29.8 Å². The van der Waals surface area contributed by atoms with Crippen LogP contribution in [0.15, 0.2) is 64.6 Å². The Labute approximate surface area is 162 Å². The van der Waals surface area contributed by atoms with Crippen LogP contribution >= 0.6 is 11.8 Å². The SMILES string of the molecule is CC(C)C1C(=O)N=C2c3ccccc3N=C(SCC(=O)c3ccccc3)N21. The van der Waals surface area contributed by atoms with Gasteiger partial charge < -0.3 is 0 Å². The highest BCUT2D eigenvalue weighted by Crippen LogP contribution is 2.35. The molecule has 4 rings (SSSR count). The van der Waals surface area contributed by atoms with Crippen LogP contribution in [0.3, 0.4) is 0 Å². The molecule has 1 atom stereocenters. The lowest BCUT2D eigenvalue weighted by Crippen LogP contribution is -2.46. The van der Waals surface area contributed by atoms with Gasteiger partial charge in [0.25, 0.3) is 5.91 Å². The molecule has 0 radical (unpaired) electrons. The van der Waals surface area contributed by atoms with E-state index in [1.54, 1.807) is 0 Å². The van der Waals surface area contributed by atoms with Gasteiger partial charge in [-0.3, -0.25) is 14.5 Å². The third kappa shape index (κ3) is 3.21. The van der Waals surface area contributed by atoms with Crippen LogP contribution in [-0.4, -0.2) is 39.4 Å². The molecular formula is C21H19N3O2S. The second-order valence-electron chi connectivity index (χ2n) is 6.82. The number of carbonyl (C=O) groups is 2. The van der Waals surface area contributed by atoms with E-state index >= 15 is 0 Å². The standard InChI is InChI=1S/C21H19N3O2S/c1-13(2)18-20(26)23-19-15-10-6-7-11-16(15)22-21(24(18)19)27-12-17(25)14-8-4-3-5-9-14/h3-11,13,18H,12H2,1-2H3. The molecule has 27 heavy (non-hydrogen) atoms. The first-order chi connectivity index (χ1) is 13.1. The van der Waals surface area contributed by atoms with E-state index in [2.05, 4.69) is 4.99 Å². The molecule has 0 saturated heterocycles. The Kier molecular flexibility index (Phi) is 4.66. The van der Waals surface area contributed by atoms with Gasteiger partial charge in [-0.2, -0.15) is 4.99 Å². The van der Waals surface area contributed by atoms with Crippen molar-refractivity contribution in [2.75, 3.05) is 5.75 Å². The van der Waals surface area contributed by atoms with Crippen molar-refractivity contribution >= 4 is 40.1 Å². The van der Waals surface area contributed by atoms with E-state index in [-0.39, 0.29) is 29.4 Å². The maximum Gasteiger partial charge on any atom is 0.271 e. The fourth-order valence-corrected chi connectivity index (χ4v) is 4.23. The number of Topliss-reactive ketones (excluding diaryl/α,β-unsaturated/α-hetero) is 1. The van der Waals surface area contributed by atoms with Gasteiger partial charge >= 0.3 is 0 Å². The summed E-state index contributed by atoms with van der Waals surface area (Å²) in [6.07, 6.45) is 0. The second kappa shape index (κ2) is 7.12. The molecule has 6 heteroatoms. The number of hydrogen-bond donors (Lipinski definition) is 0. The number of amides is 1. The molecule has 2 aromatic carbocycles. The van der Waals surface area contributed by atoms with E-state index in [4.69, 9.17) is 4.99 Å². The van der Waals surface area contributed by atoms with Crippen molar-refractivity contribution in [2.45, 2.75) is 19.9 Å². The van der Waals surface area contributed by atoms with Gasteiger partial charge in [0, 0.05) is 11.1 Å². The van der Waals surface area contributed by atoms with Gasteiger partial charge in [-0.05, 0) is 18.1 Å². The fraction of sp³-hybridized carbons (Fsp3) is 0.238. The quantitative estimate of drug-likeness (QED) is 0.758. The topological polar surface area (TPSA) is 62.1 Å². The zero-order chi connectivity index (χ0) is 19.0. The number of nitrogens with zero attached hydrogens (tertiary/aromatic N) is 3. The molecule has 0 N–H and O–H groups in total. The molecule has 5 nitrogen and oxygen atoms in total. The van der Waals surface area contributed by atoms with E-state index in [0.29, 0.717) is 16.6 Å².